The van der Waals surface area contributed by atoms with Crippen LogP contribution in [0.5, 0.6) is 5.75 Å². The summed E-state index contributed by atoms with van der Waals surface area (Å²) in [5.74, 6) is -0.271. The summed E-state index contributed by atoms with van der Waals surface area (Å²) in [7, 11) is 0. The van der Waals surface area contributed by atoms with Crippen LogP contribution in [-0.4, -0.2) is 31.5 Å². The number of aryl methyl sites for hydroxylation is 1. The molecule has 0 radical (unpaired) electrons. The molecule has 2 rings (SSSR count). The minimum absolute atomic E-state index is 0.0346. The van der Waals surface area contributed by atoms with Gasteiger partial charge >= 0.3 is 6.18 Å². The predicted octanol–water partition coefficient (Wildman–Crippen LogP) is 3.56. The fraction of sp³-hybridized carbons (Fsp3) is 0.300. The van der Waals surface area contributed by atoms with Crippen LogP contribution in [-0.2, 0) is 15.8 Å². The number of hydrogen-bond donors (Lipinski definition) is 1. The van der Waals surface area contributed by atoms with E-state index in [4.69, 9.17) is 4.74 Å². The number of nitrogens with one attached hydrogen (secondary N) is 1. The van der Waals surface area contributed by atoms with Gasteiger partial charge in [0, 0.05) is 25.7 Å². The fourth-order valence-corrected chi connectivity index (χ4v) is 2.46. The van der Waals surface area contributed by atoms with Crippen LogP contribution in [0.1, 0.15) is 18.1 Å². The molecule has 0 saturated carbocycles. The maximum Gasteiger partial charge on any atom is 0.416 e. The molecule has 0 spiro atoms. The van der Waals surface area contributed by atoms with Gasteiger partial charge in [0.2, 0.25) is 5.91 Å². The lowest BCUT2D eigenvalue weighted by molar-refractivity contribution is -0.137. The van der Waals surface area contributed by atoms with Crippen molar-refractivity contribution in [2.75, 3.05) is 24.6 Å². The van der Waals surface area contributed by atoms with Gasteiger partial charge in [-0.25, -0.2) is 0 Å². The molecule has 5 nitrogen and oxygen atoms in total. The first-order chi connectivity index (χ1) is 13.2. The Kier molecular flexibility index (Phi) is 7.03. The molecule has 28 heavy (non-hydrogen) atoms. The summed E-state index contributed by atoms with van der Waals surface area (Å²) in [6, 6.07) is 11.7. The molecule has 150 valence electrons. The Labute approximate surface area is 161 Å². The minimum atomic E-state index is -4.50. The summed E-state index contributed by atoms with van der Waals surface area (Å²) in [6.07, 6.45) is -4.50. The number of hydrogen-bond acceptors (Lipinski definition) is 3. The van der Waals surface area contributed by atoms with Crippen molar-refractivity contribution < 1.29 is 27.5 Å². The number of halogens is 3. The van der Waals surface area contributed by atoms with Crippen LogP contribution in [0.15, 0.2) is 48.5 Å². The first kappa shape index (κ1) is 21.3. The van der Waals surface area contributed by atoms with Gasteiger partial charge in [0.25, 0.3) is 5.91 Å². The van der Waals surface area contributed by atoms with E-state index in [0.717, 1.165) is 17.7 Å². The second-order valence-corrected chi connectivity index (χ2v) is 6.17. The molecule has 0 aliphatic heterocycles. The first-order valence-corrected chi connectivity index (χ1v) is 8.58. The predicted molar refractivity (Wildman–Crippen MR) is 99.2 cm³/mol. The normalized spacial score (nSPS) is 11.0. The molecule has 2 aromatic rings. The van der Waals surface area contributed by atoms with E-state index in [1.807, 2.05) is 19.1 Å². The highest BCUT2D eigenvalue weighted by molar-refractivity contribution is 5.91. The van der Waals surface area contributed by atoms with Gasteiger partial charge in [-0.1, -0.05) is 23.8 Å². The number of carbonyl (C=O) groups is 2. The highest BCUT2D eigenvalue weighted by Crippen LogP contribution is 2.31. The average molecular weight is 394 g/mol. The number of nitrogens with zero attached hydrogens (tertiary/aromatic N) is 1. The van der Waals surface area contributed by atoms with Gasteiger partial charge in [0.1, 0.15) is 5.75 Å². The molecule has 0 unspecified atom stereocenters. The quantitative estimate of drug-likeness (QED) is 0.781. The van der Waals surface area contributed by atoms with Crippen LogP contribution < -0.4 is 15.0 Å². The summed E-state index contributed by atoms with van der Waals surface area (Å²) in [5.41, 5.74) is 0.343. The SMILES string of the molecule is CC(=O)N(CCNC(=O)COc1ccc(C)cc1)c1cccc(C(F)(F)F)c1. The third kappa shape index (κ3) is 6.29. The standard InChI is InChI=1S/C20H21F3N2O3/c1-14-6-8-18(9-7-14)28-13-19(27)24-10-11-25(15(2)26)17-5-3-4-16(12-17)20(21,22)23/h3-9,12H,10-11,13H2,1-2H3,(H,24,27). The van der Waals surface area contributed by atoms with E-state index < -0.39 is 23.6 Å². The van der Waals surface area contributed by atoms with Gasteiger partial charge in [0.15, 0.2) is 6.61 Å². The molecule has 0 fully saturated rings. The Morgan fingerprint density at radius 1 is 1.11 bits per heavy atom. The zero-order chi connectivity index (χ0) is 20.7. The van der Waals surface area contributed by atoms with Crippen LogP contribution in [0.2, 0.25) is 0 Å². The third-order valence-electron chi connectivity index (χ3n) is 3.91. The van der Waals surface area contributed by atoms with Crippen molar-refractivity contribution in [3.8, 4) is 5.75 Å². The van der Waals surface area contributed by atoms with E-state index in [9.17, 15) is 22.8 Å². The minimum Gasteiger partial charge on any atom is -0.484 e. The molecule has 0 saturated heterocycles. The zero-order valence-corrected chi connectivity index (χ0v) is 15.5. The average Bonchev–Trinajstić information content (AvgIpc) is 2.64. The Morgan fingerprint density at radius 2 is 1.79 bits per heavy atom. The van der Waals surface area contributed by atoms with E-state index in [2.05, 4.69) is 5.32 Å². The zero-order valence-electron chi connectivity index (χ0n) is 15.5. The maximum atomic E-state index is 12.9. The van der Waals surface area contributed by atoms with E-state index in [1.165, 1.54) is 24.0 Å². The third-order valence-corrected chi connectivity index (χ3v) is 3.91. The van der Waals surface area contributed by atoms with Crippen molar-refractivity contribution in [1.29, 1.82) is 0 Å². The lowest BCUT2D eigenvalue weighted by Gasteiger charge is -2.22. The summed E-state index contributed by atoms with van der Waals surface area (Å²) in [4.78, 5) is 24.9. The van der Waals surface area contributed by atoms with Crippen molar-refractivity contribution in [1.82, 2.24) is 5.32 Å². The largest absolute Gasteiger partial charge is 0.484 e. The van der Waals surface area contributed by atoms with Crippen molar-refractivity contribution in [3.05, 3.63) is 59.7 Å². The number of alkyl halides is 3. The Bertz CT molecular complexity index is 820. The number of ether oxygens (including phenoxy) is 1. The number of anilines is 1. The maximum absolute atomic E-state index is 12.9. The van der Waals surface area contributed by atoms with E-state index in [1.54, 1.807) is 12.1 Å². The Balaban J connectivity index is 1.89. The molecule has 0 bridgehead atoms. The van der Waals surface area contributed by atoms with Crippen molar-refractivity contribution >= 4 is 17.5 Å². The second-order valence-electron chi connectivity index (χ2n) is 6.17. The summed E-state index contributed by atoms with van der Waals surface area (Å²) in [6.45, 7) is 3.09. The highest BCUT2D eigenvalue weighted by Gasteiger charge is 2.31. The monoisotopic (exact) mass is 394 g/mol. The summed E-state index contributed by atoms with van der Waals surface area (Å²) in [5, 5.41) is 2.58. The number of benzene rings is 2. The number of carbonyl (C=O) groups excluding carboxylic acids is 2. The van der Waals surface area contributed by atoms with Crippen molar-refractivity contribution in [3.63, 3.8) is 0 Å². The molecule has 0 aliphatic carbocycles. The highest BCUT2D eigenvalue weighted by atomic mass is 19.4. The lowest BCUT2D eigenvalue weighted by atomic mass is 10.2. The molecule has 0 heterocycles. The first-order valence-electron chi connectivity index (χ1n) is 8.58. The molecule has 2 amide bonds. The lowest BCUT2D eigenvalue weighted by Crippen LogP contribution is -2.39. The van der Waals surface area contributed by atoms with E-state index in [0.29, 0.717) is 5.75 Å². The molecule has 1 N–H and O–H groups in total. The van der Waals surface area contributed by atoms with E-state index in [-0.39, 0.29) is 25.4 Å². The van der Waals surface area contributed by atoms with Gasteiger partial charge < -0.3 is 15.0 Å². The molecule has 2 aromatic carbocycles. The van der Waals surface area contributed by atoms with Gasteiger partial charge in [-0.2, -0.15) is 13.2 Å². The van der Waals surface area contributed by atoms with Crippen molar-refractivity contribution in [2.24, 2.45) is 0 Å². The molecule has 0 atom stereocenters. The fourth-order valence-electron chi connectivity index (χ4n) is 2.46. The Morgan fingerprint density at radius 3 is 2.39 bits per heavy atom. The van der Waals surface area contributed by atoms with Crippen LogP contribution >= 0.6 is 0 Å². The molecule has 0 aliphatic rings. The van der Waals surface area contributed by atoms with Crippen LogP contribution in [0.25, 0.3) is 0 Å². The van der Waals surface area contributed by atoms with Crippen LogP contribution in [0, 0.1) is 6.92 Å². The number of rotatable bonds is 7. The topological polar surface area (TPSA) is 58.6 Å². The van der Waals surface area contributed by atoms with Gasteiger partial charge in [-0.05, 0) is 37.3 Å². The smallest absolute Gasteiger partial charge is 0.416 e. The van der Waals surface area contributed by atoms with Gasteiger partial charge in [-0.3, -0.25) is 9.59 Å². The Hall–Kier alpha value is -3.03. The molecule has 0 aromatic heterocycles. The molecular weight excluding hydrogens is 373 g/mol. The van der Waals surface area contributed by atoms with Gasteiger partial charge in [-0.15, -0.1) is 0 Å². The number of amides is 2. The van der Waals surface area contributed by atoms with Gasteiger partial charge in [0.05, 0.1) is 5.56 Å². The summed E-state index contributed by atoms with van der Waals surface area (Å²) >= 11 is 0. The van der Waals surface area contributed by atoms with E-state index >= 15 is 0 Å². The summed E-state index contributed by atoms with van der Waals surface area (Å²) < 4.78 is 43.9. The van der Waals surface area contributed by atoms with Crippen molar-refractivity contribution in [2.45, 2.75) is 20.0 Å². The van der Waals surface area contributed by atoms with Crippen LogP contribution in [0.3, 0.4) is 0 Å². The molecule has 8 heteroatoms. The second kappa shape index (κ2) is 9.25. The van der Waals surface area contributed by atoms with Crippen LogP contribution in [0.4, 0.5) is 18.9 Å². The molecular formula is C20H21F3N2O3.